The summed E-state index contributed by atoms with van der Waals surface area (Å²) in [6.45, 7) is 10.7. The number of likely N-dealkylation sites (tertiary alicyclic amines) is 2. The van der Waals surface area contributed by atoms with E-state index in [-0.39, 0.29) is 11.7 Å². The molecule has 3 nitrogen and oxygen atoms in total. The molecule has 0 bridgehead atoms. The van der Waals surface area contributed by atoms with Crippen molar-refractivity contribution in [3.63, 3.8) is 0 Å². The minimum absolute atomic E-state index is 0.124. The van der Waals surface area contributed by atoms with Crippen LogP contribution in [0.3, 0.4) is 0 Å². The van der Waals surface area contributed by atoms with E-state index < -0.39 is 0 Å². The molecule has 2 aliphatic rings. The molecule has 0 aromatic heterocycles. The number of piperidine rings is 1. The lowest BCUT2D eigenvalue weighted by Crippen LogP contribution is -2.38. The molecule has 0 spiro atoms. The Hall–Kier alpha value is -2.72. The zero-order valence-electron chi connectivity index (χ0n) is 19.0. The molecule has 0 aliphatic carbocycles. The molecule has 0 saturated carbocycles. The van der Waals surface area contributed by atoms with Gasteiger partial charge in [0.2, 0.25) is 0 Å². The molecule has 1 amide bonds. The van der Waals surface area contributed by atoms with Gasteiger partial charge >= 0.3 is 0 Å². The van der Waals surface area contributed by atoms with Gasteiger partial charge in [-0.2, -0.15) is 0 Å². The molecule has 1 atom stereocenters. The normalized spacial score (nSPS) is 20.5. The molecular weight excluding hydrogens is 399 g/mol. The molecule has 2 aliphatic heterocycles. The third-order valence-corrected chi connectivity index (χ3v) is 7.01. The fourth-order valence-corrected chi connectivity index (χ4v) is 5.20. The largest absolute Gasteiger partial charge is 0.338 e. The number of hydrogen-bond acceptors (Lipinski definition) is 2. The van der Waals surface area contributed by atoms with Gasteiger partial charge in [0, 0.05) is 25.2 Å². The molecule has 2 aromatic rings. The Morgan fingerprint density at radius 1 is 1.06 bits per heavy atom. The van der Waals surface area contributed by atoms with Gasteiger partial charge in [0.05, 0.1) is 0 Å². The highest BCUT2D eigenvalue weighted by Gasteiger charge is 2.31. The van der Waals surface area contributed by atoms with Crippen LogP contribution < -0.4 is 0 Å². The number of rotatable bonds is 6. The molecule has 2 aromatic carbocycles. The molecule has 2 fully saturated rings. The fraction of sp³-hybridized carbons (Fsp3) is 0.393. The van der Waals surface area contributed by atoms with Gasteiger partial charge in [0.25, 0.3) is 5.91 Å². The van der Waals surface area contributed by atoms with E-state index in [2.05, 4.69) is 11.5 Å². The van der Waals surface area contributed by atoms with Gasteiger partial charge in [-0.15, -0.1) is 0 Å². The molecule has 0 radical (unpaired) electrons. The van der Waals surface area contributed by atoms with Crippen molar-refractivity contribution in [1.29, 1.82) is 0 Å². The lowest BCUT2D eigenvalue weighted by molar-refractivity contribution is -0.124. The summed E-state index contributed by atoms with van der Waals surface area (Å²) in [6.07, 6.45) is 7.03. The highest BCUT2D eigenvalue weighted by Crippen LogP contribution is 2.30. The first kappa shape index (κ1) is 22.5. The highest BCUT2D eigenvalue weighted by molar-refractivity contribution is 6.20. The summed E-state index contributed by atoms with van der Waals surface area (Å²) in [7, 11) is 0. The Kier molecular flexibility index (Phi) is 7.21. The van der Waals surface area contributed by atoms with E-state index in [4.69, 9.17) is 0 Å². The summed E-state index contributed by atoms with van der Waals surface area (Å²) < 4.78 is 13.2. The number of carbonyl (C=O) groups excluding carboxylic acids is 1. The predicted molar refractivity (Wildman–Crippen MR) is 130 cm³/mol. The summed E-state index contributed by atoms with van der Waals surface area (Å²) >= 11 is 0. The maximum atomic E-state index is 13.3. The third kappa shape index (κ3) is 5.02. The average molecular weight is 433 g/mol. The van der Waals surface area contributed by atoms with Crippen LogP contribution in [0.2, 0.25) is 0 Å². The van der Waals surface area contributed by atoms with Gasteiger partial charge in [-0.3, -0.25) is 4.79 Å². The summed E-state index contributed by atoms with van der Waals surface area (Å²) in [5.74, 6) is 1.00. The second kappa shape index (κ2) is 10.3. The van der Waals surface area contributed by atoms with E-state index in [0.717, 1.165) is 68.7 Å². The Balaban J connectivity index is 1.30. The predicted octanol–water partition coefficient (Wildman–Crippen LogP) is 5.60. The van der Waals surface area contributed by atoms with Crippen LogP contribution in [0.25, 0.3) is 11.6 Å². The molecule has 4 rings (SSSR count). The van der Waals surface area contributed by atoms with E-state index in [9.17, 15) is 9.18 Å². The topological polar surface area (TPSA) is 23.6 Å². The second-order valence-corrected chi connectivity index (χ2v) is 9.03. The Morgan fingerprint density at radius 2 is 1.78 bits per heavy atom. The van der Waals surface area contributed by atoms with Crippen LogP contribution in [0.5, 0.6) is 0 Å². The van der Waals surface area contributed by atoms with Crippen molar-refractivity contribution in [1.82, 2.24) is 9.80 Å². The van der Waals surface area contributed by atoms with Crippen molar-refractivity contribution in [2.24, 2.45) is 5.92 Å². The van der Waals surface area contributed by atoms with Crippen LogP contribution in [0.15, 0.2) is 61.2 Å². The molecule has 168 valence electrons. The van der Waals surface area contributed by atoms with Crippen molar-refractivity contribution in [2.45, 2.75) is 32.1 Å². The van der Waals surface area contributed by atoms with Gasteiger partial charge in [-0.05, 0) is 79.9 Å². The Labute approximate surface area is 191 Å². The summed E-state index contributed by atoms with van der Waals surface area (Å²) in [4.78, 5) is 17.9. The SMILES string of the molecule is C=Cc1ccccc1/C(=C\C)C(=O)N1CCC(CN2CCC(c3ccc(F)cc3)CC2)C1. The first-order valence-corrected chi connectivity index (χ1v) is 11.7. The second-order valence-electron chi connectivity index (χ2n) is 9.03. The first-order chi connectivity index (χ1) is 15.6. The summed E-state index contributed by atoms with van der Waals surface area (Å²) in [6, 6.07) is 14.9. The van der Waals surface area contributed by atoms with Crippen molar-refractivity contribution < 1.29 is 9.18 Å². The lowest BCUT2D eigenvalue weighted by atomic mass is 9.89. The van der Waals surface area contributed by atoms with Gasteiger partial charge in [0.15, 0.2) is 0 Å². The van der Waals surface area contributed by atoms with Crippen LogP contribution in [-0.2, 0) is 4.79 Å². The smallest absolute Gasteiger partial charge is 0.254 e. The molecule has 4 heteroatoms. The molecule has 0 N–H and O–H groups in total. The fourth-order valence-electron chi connectivity index (χ4n) is 5.20. The standard InChI is InChI=1S/C28H33FN2O/c1-3-22-7-5-6-8-27(22)26(4-2)28(32)31-18-13-21(20-31)19-30-16-14-24(15-17-30)23-9-11-25(29)12-10-23/h3-12,21,24H,1,13-20H2,2H3/b26-4+. The number of nitrogens with zero attached hydrogens (tertiary/aromatic N) is 2. The van der Waals surface area contributed by atoms with E-state index >= 15 is 0 Å². The van der Waals surface area contributed by atoms with E-state index in [1.54, 1.807) is 12.1 Å². The number of carbonyl (C=O) groups is 1. The number of hydrogen-bond donors (Lipinski definition) is 0. The molecule has 2 saturated heterocycles. The van der Waals surface area contributed by atoms with Crippen LogP contribution in [0, 0.1) is 11.7 Å². The third-order valence-electron chi connectivity index (χ3n) is 7.01. The number of amides is 1. The maximum absolute atomic E-state index is 13.3. The maximum Gasteiger partial charge on any atom is 0.254 e. The van der Waals surface area contributed by atoms with E-state index in [1.165, 1.54) is 5.56 Å². The summed E-state index contributed by atoms with van der Waals surface area (Å²) in [5.41, 5.74) is 3.97. The van der Waals surface area contributed by atoms with Gasteiger partial charge in [-0.25, -0.2) is 4.39 Å². The minimum Gasteiger partial charge on any atom is -0.338 e. The minimum atomic E-state index is -0.166. The van der Waals surface area contributed by atoms with Gasteiger partial charge in [-0.1, -0.05) is 55.1 Å². The van der Waals surface area contributed by atoms with Crippen molar-refractivity contribution >= 4 is 17.6 Å². The zero-order valence-corrected chi connectivity index (χ0v) is 19.0. The monoisotopic (exact) mass is 432 g/mol. The van der Waals surface area contributed by atoms with Crippen LogP contribution in [-0.4, -0.2) is 48.4 Å². The van der Waals surface area contributed by atoms with Crippen LogP contribution >= 0.6 is 0 Å². The van der Waals surface area contributed by atoms with Gasteiger partial charge < -0.3 is 9.80 Å². The molecule has 1 unspecified atom stereocenters. The molecule has 32 heavy (non-hydrogen) atoms. The molecular formula is C28H33FN2O. The number of allylic oxidation sites excluding steroid dienone is 1. The summed E-state index contributed by atoms with van der Waals surface area (Å²) in [5, 5.41) is 0. The van der Waals surface area contributed by atoms with Crippen LogP contribution in [0.4, 0.5) is 4.39 Å². The van der Waals surface area contributed by atoms with Crippen molar-refractivity contribution in [3.05, 3.63) is 83.7 Å². The van der Waals surface area contributed by atoms with E-state index in [1.807, 2.05) is 60.4 Å². The van der Waals surface area contributed by atoms with Crippen molar-refractivity contribution in [3.8, 4) is 0 Å². The number of halogens is 1. The number of benzene rings is 2. The lowest BCUT2D eigenvalue weighted by Gasteiger charge is -2.33. The van der Waals surface area contributed by atoms with Gasteiger partial charge in [0.1, 0.15) is 5.82 Å². The quantitative estimate of drug-likeness (QED) is 0.555. The average Bonchev–Trinajstić information content (AvgIpc) is 3.29. The van der Waals surface area contributed by atoms with Crippen LogP contribution in [0.1, 0.15) is 48.8 Å². The highest BCUT2D eigenvalue weighted by atomic mass is 19.1. The Morgan fingerprint density at radius 3 is 2.47 bits per heavy atom. The van der Waals surface area contributed by atoms with E-state index in [0.29, 0.717) is 11.8 Å². The molecule has 2 heterocycles. The Bertz CT molecular complexity index is 973. The van der Waals surface area contributed by atoms with Crippen molar-refractivity contribution in [2.75, 3.05) is 32.7 Å². The zero-order chi connectivity index (χ0) is 22.5. The first-order valence-electron chi connectivity index (χ1n) is 11.7.